The Morgan fingerprint density at radius 1 is 1.26 bits per heavy atom. The number of likely N-dealkylation sites (tertiary alicyclic amines) is 2. The highest BCUT2D eigenvalue weighted by Crippen LogP contribution is 2.29. The van der Waals surface area contributed by atoms with E-state index in [4.69, 9.17) is 0 Å². The molecule has 0 aliphatic carbocycles. The van der Waals surface area contributed by atoms with Crippen LogP contribution in [0.3, 0.4) is 0 Å². The van der Waals surface area contributed by atoms with Crippen molar-refractivity contribution in [2.75, 3.05) is 19.6 Å². The van der Waals surface area contributed by atoms with Crippen LogP contribution in [0.1, 0.15) is 52.9 Å². The number of rotatable bonds is 4. The van der Waals surface area contributed by atoms with Gasteiger partial charge in [0.1, 0.15) is 6.04 Å². The number of hydrogen-bond acceptors (Lipinski definition) is 3. The molecule has 2 aliphatic heterocycles. The molecule has 4 nitrogen and oxygen atoms in total. The first-order valence-electron chi connectivity index (χ1n) is 7.69. The van der Waals surface area contributed by atoms with Crippen LogP contribution in [0.25, 0.3) is 0 Å². The van der Waals surface area contributed by atoms with Gasteiger partial charge < -0.3 is 5.11 Å². The summed E-state index contributed by atoms with van der Waals surface area (Å²) in [6.07, 6.45) is 5.29. The van der Waals surface area contributed by atoms with E-state index in [2.05, 4.69) is 30.6 Å². The number of carbonyl (C=O) groups is 1. The van der Waals surface area contributed by atoms with Crippen molar-refractivity contribution in [3.63, 3.8) is 0 Å². The third kappa shape index (κ3) is 3.11. The van der Waals surface area contributed by atoms with Crippen LogP contribution in [0, 0.1) is 0 Å². The zero-order valence-corrected chi connectivity index (χ0v) is 12.6. The maximum Gasteiger partial charge on any atom is 0.320 e. The monoisotopic (exact) mass is 268 g/mol. The molecule has 0 aromatic carbocycles. The molecule has 0 aromatic rings. The van der Waals surface area contributed by atoms with Gasteiger partial charge in [-0.2, -0.15) is 0 Å². The van der Waals surface area contributed by atoms with Crippen LogP contribution in [0.2, 0.25) is 0 Å². The zero-order valence-electron chi connectivity index (χ0n) is 12.6. The van der Waals surface area contributed by atoms with Gasteiger partial charge in [0.05, 0.1) is 0 Å². The second-order valence-electron chi connectivity index (χ2n) is 6.64. The van der Waals surface area contributed by atoms with E-state index in [9.17, 15) is 9.90 Å². The molecule has 0 amide bonds. The first kappa shape index (κ1) is 14.8. The maximum atomic E-state index is 11.4. The molecule has 0 saturated carbocycles. The van der Waals surface area contributed by atoms with Gasteiger partial charge in [-0.1, -0.05) is 13.3 Å². The summed E-state index contributed by atoms with van der Waals surface area (Å²) in [7, 11) is 0. The van der Waals surface area contributed by atoms with Gasteiger partial charge in [-0.15, -0.1) is 0 Å². The van der Waals surface area contributed by atoms with Gasteiger partial charge in [0.25, 0.3) is 0 Å². The Morgan fingerprint density at radius 3 is 2.63 bits per heavy atom. The van der Waals surface area contributed by atoms with Gasteiger partial charge >= 0.3 is 5.97 Å². The predicted octanol–water partition coefficient (Wildman–Crippen LogP) is 2.19. The number of nitrogens with zero attached hydrogens (tertiary/aromatic N) is 2. The van der Waals surface area contributed by atoms with Gasteiger partial charge in [0.15, 0.2) is 0 Å². The molecule has 2 aliphatic rings. The van der Waals surface area contributed by atoms with Crippen molar-refractivity contribution in [2.24, 2.45) is 0 Å². The van der Waals surface area contributed by atoms with Crippen LogP contribution in [0.4, 0.5) is 0 Å². The van der Waals surface area contributed by atoms with Crippen LogP contribution in [0.5, 0.6) is 0 Å². The highest BCUT2D eigenvalue weighted by molar-refractivity contribution is 5.73. The summed E-state index contributed by atoms with van der Waals surface area (Å²) in [5, 5.41) is 9.39. The fraction of sp³-hybridized carbons (Fsp3) is 0.933. The Labute approximate surface area is 116 Å². The summed E-state index contributed by atoms with van der Waals surface area (Å²) in [4.78, 5) is 16.2. The first-order chi connectivity index (χ1) is 8.95. The molecule has 0 radical (unpaired) electrons. The summed E-state index contributed by atoms with van der Waals surface area (Å²) < 4.78 is 0. The van der Waals surface area contributed by atoms with E-state index in [1.54, 1.807) is 0 Å². The molecule has 0 spiro atoms. The molecule has 0 aromatic heterocycles. The molecule has 2 heterocycles. The lowest BCUT2D eigenvalue weighted by atomic mass is 9.98. The van der Waals surface area contributed by atoms with Gasteiger partial charge in [-0.05, 0) is 46.1 Å². The molecule has 2 fully saturated rings. The number of carboxylic acids is 1. The quantitative estimate of drug-likeness (QED) is 0.849. The number of carboxylic acid groups (broad SMARTS) is 1. The van der Waals surface area contributed by atoms with Crippen molar-refractivity contribution in [1.82, 2.24) is 9.80 Å². The number of aliphatic carboxylic acids is 1. The molecule has 2 saturated heterocycles. The summed E-state index contributed by atoms with van der Waals surface area (Å²) in [6, 6.07) is 0.190. The van der Waals surface area contributed by atoms with Gasteiger partial charge in [0, 0.05) is 24.7 Å². The first-order valence-corrected chi connectivity index (χ1v) is 7.69. The fourth-order valence-corrected chi connectivity index (χ4v) is 3.44. The van der Waals surface area contributed by atoms with Crippen LogP contribution in [-0.2, 0) is 4.79 Å². The Hall–Kier alpha value is -0.610. The standard InChI is InChI=1S/C15H28N2O2/c1-4-15(2,3)16-10-8-12(11-16)17-9-6-5-7-13(17)14(18)19/h12-13H,4-11H2,1-3H3,(H,18,19). The van der Waals surface area contributed by atoms with Gasteiger partial charge in [-0.25, -0.2) is 0 Å². The molecular weight excluding hydrogens is 240 g/mol. The van der Waals surface area contributed by atoms with Crippen molar-refractivity contribution in [1.29, 1.82) is 0 Å². The third-order valence-electron chi connectivity index (χ3n) is 5.18. The molecule has 2 rings (SSSR count). The largest absolute Gasteiger partial charge is 0.480 e. The molecule has 4 heteroatoms. The van der Waals surface area contributed by atoms with Crippen molar-refractivity contribution < 1.29 is 9.90 Å². The number of hydrogen-bond donors (Lipinski definition) is 1. The Morgan fingerprint density at radius 2 is 2.00 bits per heavy atom. The summed E-state index contributed by atoms with van der Waals surface area (Å²) in [6.45, 7) is 9.91. The van der Waals surface area contributed by atoms with E-state index in [0.717, 1.165) is 51.7 Å². The van der Waals surface area contributed by atoms with Crippen molar-refractivity contribution >= 4 is 5.97 Å². The third-order valence-corrected chi connectivity index (χ3v) is 5.18. The van der Waals surface area contributed by atoms with E-state index in [0.29, 0.717) is 6.04 Å². The summed E-state index contributed by atoms with van der Waals surface area (Å²) in [5.41, 5.74) is 0.239. The van der Waals surface area contributed by atoms with Crippen LogP contribution >= 0.6 is 0 Å². The van der Waals surface area contributed by atoms with E-state index >= 15 is 0 Å². The highest BCUT2D eigenvalue weighted by atomic mass is 16.4. The molecule has 19 heavy (non-hydrogen) atoms. The Balaban J connectivity index is 2.01. The highest BCUT2D eigenvalue weighted by Gasteiger charge is 2.39. The second-order valence-corrected chi connectivity index (χ2v) is 6.64. The second kappa shape index (κ2) is 5.80. The average molecular weight is 268 g/mol. The minimum atomic E-state index is -0.632. The van der Waals surface area contributed by atoms with E-state index in [1.165, 1.54) is 0 Å². The SMILES string of the molecule is CCC(C)(C)N1CCC(N2CCCCC2C(=O)O)C1. The van der Waals surface area contributed by atoms with Gasteiger partial charge in [-0.3, -0.25) is 14.6 Å². The Kier molecular flexibility index (Phi) is 4.51. The molecule has 0 bridgehead atoms. The maximum absolute atomic E-state index is 11.4. The summed E-state index contributed by atoms with van der Waals surface area (Å²) in [5.74, 6) is -0.632. The lowest BCUT2D eigenvalue weighted by Gasteiger charge is -2.39. The van der Waals surface area contributed by atoms with E-state index in [1.807, 2.05) is 0 Å². The van der Waals surface area contributed by atoms with E-state index < -0.39 is 5.97 Å². The Bertz CT molecular complexity index is 330. The smallest absolute Gasteiger partial charge is 0.320 e. The lowest BCUT2D eigenvalue weighted by Crippen LogP contribution is -2.52. The van der Waals surface area contributed by atoms with Gasteiger partial charge in [0.2, 0.25) is 0 Å². The van der Waals surface area contributed by atoms with Crippen LogP contribution in [0.15, 0.2) is 0 Å². The lowest BCUT2D eigenvalue weighted by molar-refractivity contribution is -0.145. The minimum absolute atomic E-state index is 0.239. The van der Waals surface area contributed by atoms with Crippen molar-refractivity contribution in [3.05, 3.63) is 0 Å². The fourth-order valence-electron chi connectivity index (χ4n) is 3.44. The average Bonchev–Trinajstić information content (AvgIpc) is 2.89. The molecule has 2 atom stereocenters. The van der Waals surface area contributed by atoms with E-state index in [-0.39, 0.29) is 11.6 Å². The normalized spacial score (nSPS) is 30.7. The molecule has 110 valence electrons. The topological polar surface area (TPSA) is 43.8 Å². The molecule has 1 N–H and O–H groups in total. The minimum Gasteiger partial charge on any atom is -0.480 e. The molecular formula is C15H28N2O2. The predicted molar refractivity (Wildman–Crippen MR) is 76.3 cm³/mol. The van der Waals surface area contributed by atoms with Crippen LogP contribution < -0.4 is 0 Å². The zero-order chi connectivity index (χ0) is 14.0. The van der Waals surface area contributed by atoms with Crippen LogP contribution in [-0.4, -0.2) is 58.1 Å². The number of piperidine rings is 1. The molecule has 2 unspecified atom stereocenters. The summed E-state index contributed by atoms with van der Waals surface area (Å²) >= 11 is 0. The van der Waals surface area contributed by atoms with Crippen molar-refractivity contribution in [3.8, 4) is 0 Å². The van der Waals surface area contributed by atoms with Crippen molar-refractivity contribution in [2.45, 2.75) is 70.5 Å².